The molecule has 1 aliphatic rings. The SMILES string of the molecule is CCC(CC)NCC(C)N1CC(C)CCC1C. The third-order valence-electron chi connectivity index (χ3n) is 4.42. The Morgan fingerprint density at radius 1 is 1.18 bits per heavy atom. The second-order valence-corrected chi connectivity index (χ2v) is 6.00. The normalized spacial score (nSPS) is 28.6. The standard InChI is InChI=1S/C15H32N2/c1-6-15(7-2)16-10-14(5)17-11-12(3)8-9-13(17)4/h12-16H,6-11H2,1-5H3. The van der Waals surface area contributed by atoms with Gasteiger partial charge in [-0.3, -0.25) is 4.90 Å². The largest absolute Gasteiger partial charge is 0.312 e. The Kier molecular flexibility index (Phi) is 6.50. The van der Waals surface area contributed by atoms with Crippen LogP contribution in [0.1, 0.15) is 60.3 Å². The summed E-state index contributed by atoms with van der Waals surface area (Å²) in [4.78, 5) is 2.70. The summed E-state index contributed by atoms with van der Waals surface area (Å²) >= 11 is 0. The van der Waals surface area contributed by atoms with Gasteiger partial charge < -0.3 is 5.32 Å². The zero-order valence-electron chi connectivity index (χ0n) is 12.5. The fourth-order valence-corrected chi connectivity index (χ4v) is 2.97. The van der Waals surface area contributed by atoms with Gasteiger partial charge in [0.05, 0.1) is 0 Å². The van der Waals surface area contributed by atoms with Gasteiger partial charge in [-0.15, -0.1) is 0 Å². The zero-order valence-corrected chi connectivity index (χ0v) is 12.5. The lowest BCUT2D eigenvalue weighted by molar-refractivity contribution is 0.0825. The van der Waals surface area contributed by atoms with Crippen LogP contribution < -0.4 is 5.32 Å². The highest BCUT2D eigenvalue weighted by Gasteiger charge is 2.26. The molecule has 0 aromatic carbocycles. The van der Waals surface area contributed by atoms with E-state index in [1.165, 1.54) is 32.2 Å². The van der Waals surface area contributed by atoms with E-state index in [0.717, 1.165) is 18.5 Å². The van der Waals surface area contributed by atoms with Crippen LogP contribution in [0.5, 0.6) is 0 Å². The van der Waals surface area contributed by atoms with E-state index in [1.807, 2.05) is 0 Å². The molecule has 0 aromatic rings. The van der Waals surface area contributed by atoms with Crippen LogP contribution in [0, 0.1) is 5.92 Å². The van der Waals surface area contributed by atoms with E-state index >= 15 is 0 Å². The van der Waals surface area contributed by atoms with Crippen LogP contribution in [0.3, 0.4) is 0 Å². The predicted molar refractivity (Wildman–Crippen MR) is 76.4 cm³/mol. The maximum atomic E-state index is 3.71. The third-order valence-corrected chi connectivity index (χ3v) is 4.42. The topological polar surface area (TPSA) is 15.3 Å². The molecule has 1 fully saturated rings. The van der Waals surface area contributed by atoms with Crippen LogP contribution in [0.15, 0.2) is 0 Å². The number of nitrogens with one attached hydrogen (secondary N) is 1. The third kappa shape index (κ3) is 4.59. The summed E-state index contributed by atoms with van der Waals surface area (Å²) in [7, 11) is 0. The molecule has 0 aliphatic carbocycles. The molecular weight excluding hydrogens is 208 g/mol. The van der Waals surface area contributed by atoms with Gasteiger partial charge in [-0.2, -0.15) is 0 Å². The van der Waals surface area contributed by atoms with Gasteiger partial charge in [0.25, 0.3) is 0 Å². The first-order valence-corrected chi connectivity index (χ1v) is 7.57. The van der Waals surface area contributed by atoms with Crippen molar-refractivity contribution >= 4 is 0 Å². The van der Waals surface area contributed by atoms with Gasteiger partial charge in [-0.1, -0.05) is 20.8 Å². The van der Waals surface area contributed by atoms with E-state index in [4.69, 9.17) is 0 Å². The average Bonchev–Trinajstić information content (AvgIpc) is 2.33. The van der Waals surface area contributed by atoms with Gasteiger partial charge in [-0.05, 0) is 45.4 Å². The lowest BCUT2D eigenvalue weighted by Crippen LogP contribution is -2.50. The van der Waals surface area contributed by atoms with Crippen molar-refractivity contribution in [2.24, 2.45) is 5.92 Å². The smallest absolute Gasteiger partial charge is 0.0195 e. The van der Waals surface area contributed by atoms with Crippen LogP contribution in [0.4, 0.5) is 0 Å². The summed E-state index contributed by atoms with van der Waals surface area (Å²) < 4.78 is 0. The van der Waals surface area contributed by atoms with Crippen molar-refractivity contribution in [2.75, 3.05) is 13.1 Å². The molecule has 2 nitrogen and oxygen atoms in total. The van der Waals surface area contributed by atoms with Gasteiger partial charge in [0.2, 0.25) is 0 Å². The van der Waals surface area contributed by atoms with Crippen molar-refractivity contribution in [3.8, 4) is 0 Å². The Morgan fingerprint density at radius 2 is 1.82 bits per heavy atom. The summed E-state index contributed by atoms with van der Waals surface area (Å²) in [5, 5.41) is 3.71. The molecule has 1 aliphatic heterocycles. The molecule has 3 unspecified atom stereocenters. The lowest BCUT2D eigenvalue weighted by Gasteiger charge is -2.41. The maximum Gasteiger partial charge on any atom is 0.0195 e. The van der Waals surface area contributed by atoms with Gasteiger partial charge in [0.1, 0.15) is 0 Å². The number of likely N-dealkylation sites (tertiary alicyclic amines) is 1. The minimum atomic E-state index is 0.674. The van der Waals surface area contributed by atoms with E-state index in [0.29, 0.717) is 12.1 Å². The van der Waals surface area contributed by atoms with Gasteiger partial charge in [0.15, 0.2) is 0 Å². The average molecular weight is 240 g/mol. The Balaban J connectivity index is 2.37. The minimum absolute atomic E-state index is 0.674. The van der Waals surface area contributed by atoms with E-state index in [1.54, 1.807) is 0 Å². The molecular formula is C15H32N2. The molecule has 1 saturated heterocycles. The summed E-state index contributed by atoms with van der Waals surface area (Å²) in [6.45, 7) is 14.1. The summed E-state index contributed by atoms with van der Waals surface area (Å²) in [6.07, 6.45) is 5.27. The van der Waals surface area contributed by atoms with Crippen molar-refractivity contribution in [1.82, 2.24) is 10.2 Å². The molecule has 17 heavy (non-hydrogen) atoms. The summed E-state index contributed by atoms with van der Waals surface area (Å²) in [6, 6.07) is 2.15. The number of rotatable bonds is 6. The molecule has 0 spiro atoms. The number of piperidine rings is 1. The Bertz CT molecular complexity index is 201. The first-order valence-electron chi connectivity index (χ1n) is 7.57. The first kappa shape index (κ1) is 15.0. The number of hydrogen-bond acceptors (Lipinski definition) is 2. The Labute approximate surface area is 108 Å². The molecule has 1 N–H and O–H groups in total. The van der Waals surface area contributed by atoms with E-state index in [-0.39, 0.29) is 0 Å². The predicted octanol–water partition coefficient (Wildman–Crippen LogP) is 3.27. The van der Waals surface area contributed by atoms with Crippen LogP contribution >= 0.6 is 0 Å². The number of hydrogen-bond donors (Lipinski definition) is 1. The van der Waals surface area contributed by atoms with Crippen molar-refractivity contribution in [3.63, 3.8) is 0 Å². The fourth-order valence-electron chi connectivity index (χ4n) is 2.97. The molecule has 102 valence electrons. The molecule has 1 rings (SSSR count). The highest BCUT2D eigenvalue weighted by atomic mass is 15.2. The van der Waals surface area contributed by atoms with E-state index < -0.39 is 0 Å². The van der Waals surface area contributed by atoms with Crippen molar-refractivity contribution in [3.05, 3.63) is 0 Å². The molecule has 0 radical (unpaired) electrons. The van der Waals surface area contributed by atoms with Gasteiger partial charge in [-0.25, -0.2) is 0 Å². The lowest BCUT2D eigenvalue weighted by atomic mass is 9.93. The van der Waals surface area contributed by atoms with E-state index in [2.05, 4.69) is 44.8 Å². The van der Waals surface area contributed by atoms with Gasteiger partial charge >= 0.3 is 0 Å². The number of nitrogens with zero attached hydrogens (tertiary/aromatic N) is 1. The Hall–Kier alpha value is -0.0800. The molecule has 0 saturated carbocycles. The van der Waals surface area contributed by atoms with Crippen LogP contribution in [0.25, 0.3) is 0 Å². The first-order chi connectivity index (χ1) is 8.08. The highest BCUT2D eigenvalue weighted by Crippen LogP contribution is 2.23. The van der Waals surface area contributed by atoms with Crippen molar-refractivity contribution in [1.29, 1.82) is 0 Å². The van der Waals surface area contributed by atoms with Crippen molar-refractivity contribution < 1.29 is 0 Å². The Morgan fingerprint density at radius 3 is 2.41 bits per heavy atom. The quantitative estimate of drug-likeness (QED) is 0.766. The molecule has 0 amide bonds. The fraction of sp³-hybridized carbons (Fsp3) is 1.00. The van der Waals surface area contributed by atoms with Crippen molar-refractivity contribution in [2.45, 2.75) is 78.4 Å². The van der Waals surface area contributed by atoms with E-state index in [9.17, 15) is 0 Å². The van der Waals surface area contributed by atoms with Crippen LogP contribution in [-0.4, -0.2) is 36.1 Å². The molecule has 3 atom stereocenters. The summed E-state index contributed by atoms with van der Waals surface area (Å²) in [5.41, 5.74) is 0. The van der Waals surface area contributed by atoms with Gasteiger partial charge in [0, 0.05) is 31.2 Å². The highest BCUT2D eigenvalue weighted by molar-refractivity contribution is 4.82. The molecule has 0 bridgehead atoms. The second-order valence-electron chi connectivity index (χ2n) is 6.00. The monoisotopic (exact) mass is 240 g/mol. The minimum Gasteiger partial charge on any atom is -0.312 e. The van der Waals surface area contributed by atoms with Crippen LogP contribution in [-0.2, 0) is 0 Å². The maximum absolute atomic E-state index is 3.71. The molecule has 1 heterocycles. The second kappa shape index (κ2) is 7.38. The zero-order chi connectivity index (χ0) is 12.8. The summed E-state index contributed by atoms with van der Waals surface area (Å²) in [5.74, 6) is 0.877. The van der Waals surface area contributed by atoms with Crippen LogP contribution in [0.2, 0.25) is 0 Å². The molecule has 0 aromatic heterocycles. The molecule has 2 heteroatoms.